The zero-order valence-corrected chi connectivity index (χ0v) is 12.5. The third kappa shape index (κ3) is 4.24. The predicted molar refractivity (Wildman–Crippen MR) is 79.3 cm³/mol. The van der Waals surface area contributed by atoms with Gasteiger partial charge in [-0.2, -0.15) is 0 Å². The lowest BCUT2D eigenvalue weighted by molar-refractivity contribution is 0.134. The number of rotatable bonds is 4. The first-order valence-corrected chi connectivity index (χ1v) is 6.52. The fourth-order valence-corrected chi connectivity index (χ4v) is 1.92. The second-order valence-corrected chi connectivity index (χ2v) is 6.14. The van der Waals surface area contributed by atoms with Gasteiger partial charge in [0.2, 0.25) is 0 Å². The van der Waals surface area contributed by atoms with Crippen LogP contribution in [0.1, 0.15) is 38.8 Å². The molecule has 0 saturated carbocycles. The normalized spacial score (nSPS) is 14.7. The van der Waals surface area contributed by atoms with Crippen LogP contribution >= 0.6 is 0 Å². The zero-order chi connectivity index (χ0) is 14.6. The van der Waals surface area contributed by atoms with Gasteiger partial charge in [0.05, 0.1) is 0 Å². The largest absolute Gasteiger partial charge is 0.409 e. The smallest absolute Gasteiger partial charge is 0.170 e. The summed E-state index contributed by atoms with van der Waals surface area (Å²) in [7, 11) is 2.13. The van der Waals surface area contributed by atoms with Gasteiger partial charge in [-0.15, -0.1) is 0 Å². The maximum atomic E-state index is 8.62. The Morgan fingerprint density at radius 3 is 2.26 bits per heavy atom. The Kier molecular flexibility index (Phi) is 4.95. The molecule has 3 N–H and O–H groups in total. The van der Waals surface area contributed by atoms with Crippen molar-refractivity contribution in [2.75, 3.05) is 7.05 Å². The monoisotopic (exact) mass is 263 g/mol. The molecule has 0 bridgehead atoms. The number of nitrogens with zero attached hydrogens (tertiary/aromatic N) is 2. The van der Waals surface area contributed by atoms with Crippen molar-refractivity contribution in [3.05, 3.63) is 35.4 Å². The van der Waals surface area contributed by atoms with E-state index in [0.717, 1.165) is 12.1 Å². The van der Waals surface area contributed by atoms with Crippen molar-refractivity contribution in [3.8, 4) is 0 Å². The molecule has 0 heterocycles. The van der Waals surface area contributed by atoms with Crippen molar-refractivity contribution >= 4 is 5.84 Å². The fraction of sp³-hybridized carbons (Fsp3) is 0.533. The molecule has 19 heavy (non-hydrogen) atoms. The van der Waals surface area contributed by atoms with Crippen molar-refractivity contribution < 1.29 is 5.21 Å². The molecule has 4 nitrogen and oxygen atoms in total. The fourth-order valence-electron chi connectivity index (χ4n) is 1.92. The third-order valence-electron chi connectivity index (χ3n) is 3.70. The second-order valence-electron chi connectivity index (χ2n) is 6.14. The van der Waals surface area contributed by atoms with Crippen molar-refractivity contribution in [2.45, 2.75) is 40.3 Å². The first-order chi connectivity index (χ1) is 8.75. The van der Waals surface area contributed by atoms with E-state index in [4.69, 9.17) is 10.9 Å². The maximum Gasteiger partial charge on any atom is 0.170 e. The van der Waals surface area contributed by atoms with Crippen LogP contribution in [-0.2, 0) is 6.54 Å². The van der Waals surface area contributed by atoms with Crippen molar-refractivity contribution in [2.24, 2.45) is 16.3 Å². The molecule has 0 aliphatic rings. The minimum atomic E-state index is 0.142. The summed E-state index contributed by atoms with van der Waals surface area (Å²) >= 11 is 0. The Morgan fingerprint density at radius 2 is 1.84 bits per heavy atom. The van der Waals surface area contributed by atoms with Crippen LogP contribution in [0.4, 0.5) is 0 Å². The molecule has 1 aromatic carbocycles. The number of hydrogen-bond acceptors (Lipinski definition) is 3. The highest BCUT2D eigenvalue weighted by Crippen LogP contribution is 2.24. The maximum absolute atomic E-state index is 8.62. The van der Waals surface area contributed by atoms with Crippen LogP contribution in [-0.4, -0.2) is 29.0 Å². The van der Waals surface area contributed by atoms with Gasteiger partial charge in [0.15, 0.2) is 5.84 Å². The number of amidine groups is 1. The van der Waals surface area contributed by atoms with Crippen LogP contribution in [0.3, 0.4) is 0 Å². The van der Waals surface area contributed by atoms with E-state index in [1.165, 1.54) is 5.56 Å². The summed E-state index contributed by atoms with van der Waals surface area (Å²) in [5.41, 5.74) is 7.74. The summed E-state index contributed by atoms with van der Waals surface area (Å²) in [5, 5.41) is 11.6. The molecule has 0 radical (unpaired) electrons. The molecule has 1 atom stereocenters. The predicted octanol–water partition coefficient (Wildman–Crippen LogP) is 2.65. The summed E-state index contributed by atoms with van der Waals surface area (Å²) in [4.78, 5) is 2.33. The van der Waals surface area contributed by atoms with Crippen molar-refractivity contribution in [1.29, 1.82) is 0 Å². The molecular weight excluding hydrogens is 238 g/mol. The Morgan fingerprint density at radius 1 is 1.32 bits per heavy atom. The van der Waals surface area contributed by atoms with Gasteiger partial charge in [-0.3, -0.25) is 4.90 Å². The molecule has 1 rings (SSSR count). The van der Waals surface area contributed by atoms with Crippen LogP contribution in [0.25, 0.3) is 0 Å². The van der Waals surface area contributed by atoms with E-state index >= 15 is 0 Å². The van der Waals surface area contributed by atoms with E-state index in [1.807, 2.05) is 24.3 Å². The highest BCUT2D eigenvalue weighted by molar-refractivity contribution is 5.96. The molecular formula is C15H25N3O. The molecule has 0 fully saturated rings. The Bertz CT molecular complexity index is 432. The Balaban J connectivity index is 2.73. The minimum absolute atomic E-state index is 0.142. The quantitative estimate of drug-likeness (QED) is 0.380. The van der Waals surface area contributed by atoms with Gasteiger partial charge in [0, 0.05) is 18.2 Å². The van der Waals surface area contributed by atoms with Gasteiger partial charge in [0.1, 0.15) is 0 Å². The van der Waals surface area contributed by atoms with E-state index in [-0.39, 0.29) is 11.3 Å². The number of hydrogen-bond donors (Lipinski definition) is 2. The van der Waals surface area contributed by atoms with E-state index < -0.39 is 0 Å². The van der Waals surface area contributed by atoms with E-state index in [0.29, 0.717) is 6.04 Å². The molecule has 1 aromatic rings. The highest BCUT2D eigenvalue weighted by atomic mass is 16.4. The zero-order valence-electron chi connectivity index (χ0n) is 12.5. The Hall–Kier alpha value is -1.55. The van der Waals surface area contributed by atoms with Gasteiger partial charge in [-0.1, -0.05) is 50.2 Å². The number of benzene rings is 1. The van der Waals surface area contributed by atoms with E-state index in [2.05, 4.69) is 44.8 Å². The lowest BCUT2D eigenvalue weighted by Gasteiger charge is -2.35. The molecule has 0 aliphatic carbocycles. The summed E-state index contributed by atoms with van der Waals surface area (Å²) < 4.78 is 0. The molecule has 0 aliphatic heterocycles. The van der Waals surface area contributed by atoms with Crippen LogP contribution in [0.15, 0.2) is 29.4 Å². The van der Waals surface area contributed by atoms with Crippen LogP contribution in [0, 0.1) is 5.41 Å². The topological polar surface area (TPSA) is 61.8 Å². The van der Waals surface area contributed by atoms with Gasteiger partial charge < -0.3 is 10.9 Å². The van der Waals surface area contributed by atoms with Crippen LogP contribution in [0.2, 0.25) is 0 Å². The molecule has 106 valence electrons. The first-order valence-electron chi connectivity index (χ1n) is 6.52. The minimum Gasteiger partial charge on any atom is -0.409 e. The molecule has 1 unspecified atom stereocenters. The molecule has 0 saturated heterocycles. The van der Waals surface area contributed by atoms with E-state index in [1.54, 1.807) is 0 Å². The second kappa shape index (κ2) is 6.06. The molecule has 4 heteroatoms. The lowest BCUT2D eigenvalue weighted by atomic mass is 9.87. The number of nitrogens with two attached hydrogens (primary N) is 1. The SMILES string of the molecule is CC(N(C)Cc1ccc(C(N)=NO)cc1)C(C)(C)C. The van der Waals surface area contributed by atoms with Crippen LogP contribution < -0.4 is 5.73 Å². The molecule has 0 spiro atoms. The first kappa shape index (κ1) is 15.5. The number of oxime groups is 1. The summed E-state index contributed by atoms with van der Waals surface area (Å²) in [5.74, 6) is 0.142. The summed E-state index contributed by atoms with van der Waals surface area (Å²) in [6.45, 7) is 9.86. The average molecular weight is 263 g/mol. The third-order valence-corrected chi connectivity index (χ3v) is 3.70. The molecule has 0 aromatic heterocycles. The van der Waals surface area contributed by atoms with Crippen LogP contribution in [0.5, 0.6) is 0 Å². The summed E-state index contributed by atoms with van der Waals surface area (Å²) in [6.07, 6.45) is 0. The summed E-state index contributed by atoms with van der Waals surface area (Å²) in [6, 6.07) is 8.26. The van der Waals surface area contributed by atoms with Crippen molar-refractivity contribution in [3.63, 3.8) is 0 Å². The highest BCUT2D eigenvalue weighted by Gasteiger charge is 2.23. The van der Waals surface area contributed by atoms with E-state index in [9.17, 15) is 0 Å². The van der Waals surface area contributed by atoms with Gasteiger partial charge in [0.25, 0.3) is 0 Å². The average Bonchev–Trinajstić information content (AvgIpc) is 2.36. The standard InChI is InChI=1S/C15H25N3O/c1-11(15(2,3)4)18(5)10-12-6-8-13(9-7-12)14(16)17-19/h6-9,11,19H,10H2,1-5H3,(H2,16,17). The van der Waals surface area contributed by atoms with Gasteiger partial charge >= 0.3 is 0 Å². The van der Waals surface area contributed by atoms with Gasteiger partial charge in [-0.25, -0.2) is 0 Å². The van der Waals surface area contributed by atoms with Gasteiger partial charge in [-0.05, 0) is 24.9 Å². The molecule has 0 amide bonds. The lowest BCUT2D eigenvalue weighted by Crippen LogP contribution is -2.38. The Labute approximate surface area is 115 Å². The van der Waals surface area contributed by atoms with Crippen molar-refractivity contribution in [1.82, 2.24) is 4.90 Å².